The lowest BCUT2D eigenvalue weighted by Crippen LogP contribution is -2.37. The van der Waals surface area contributed by atoms with Gasteiger partial charge in [-0.05, 0) is 86.4 Å². The molecule has 0 unspecified atom stereocenters. The van der Waals surface area contributed by atoms with Gasteiger partial charge in [-0.15, -0.1) is 46.2 Å². The molecule has 5 rings (SSSR count). The third kappa shape index (κ3) is 8.84. The average Bonchev–Trinajstić information content (AvgIpc) is 3.69. The molecule has 0 amide bonds. The Hall–Kier alpha value is -3.85. The van der Waals surface area contributed by atoms with E-state index in [0.717, 1.165) is 21.1 Å². The van der Waals surface area contributed by atoms with Crippen molar-refractivity contribution in [2.24, 2.45) is 11.5 Å². The number of thioether (sulfide) groups is 2. The van der Waals surface area contributed by atoms with Crippen LogP contribution in [-0.4, -0.2) is 49.4 Å². The van der Waals surface area contributed by atoms with Crippen LogP contribution >= 0.6 is 46.2 Å². The number of aryl methyl sites for hydroxylation is 3. The Labute approximate surface area is 320 Å². The van der Waals surface area contributed by atoms with Crippen LogP contribution in [0.3, 0.4) is 0 Å². The first-order chi connectivity index (χ1) is 24.3. The number of amidine groups is 2. The third-order valence-electron chi connectivity index (χ3n) is 7.20. The standard InChI is InChI=1S/C20H21N3O4S4.C13H15N3O2S3/c1-13-8-4-6-10-17(13)30(24,25)23(15-12-16(19(21)22)29-20(15)28-3)31(26,27)18-11-7-5-9-14(18)2;1-8-4-3-5-9(6-8)21(17,18)16-10-7-11(12(14)15)20-13(10)19-2/h4-12H,1-3H3,(H3,21,22);3-7,16H,1-2H3,(H3,14,15). The zero-order valence-electron chi connectivity index (χ0n) is 28.5. The van der Waals surface area contributed by atoms with Gasteiger partial charge in [0.05, 0.1) is 44.2 Å². The molecule has 0 aliphatic rings. The van der Waals surface area contributed by atoms with Gasteiger partial charge in [-0.2, -0.15) is 20.5 Å². The van der Waals surface area contributed by atoms with E-state index in [0.29, 0.717) is 29.6 Å². The molecule has 3 aromatic carbocycles. The molecule has 52 heavy (non-hydrogen) atoms. The van der Waals surface area contributed by atoms with E-state index in [9.17, 15) is 25.3 Å². The SMILES string of the molecule is CSc1sc(C(=N)N)cc1N(S(=O)(=O)c1ccccc1C)S(=O)(=O)c1ccccc1C.CSc1sc(C(=N)N)cc1NS(=O)(=O)c1cccc(C)c1. The first-order valence-corrected chi connectivity index (χ1v) is 23.4. The molecule has 0 bridgehead atoms. The molecule has 0 saturated carbocycles. The van der Waals surface area contributed by atoms with Crippen molar-refractivity contribution in [2.45, 2.75) is 43.9 Å². The Morgan fingerprint density at radius 2 is 1.15 bits per heavy atom. The number of hydrogen-bond acceptors (Lipinski definition) is 12. The molecule has 0 aliphatic heterocycles. The van der Waals surface area contributed by atoms with Crippen molar-refractivity contribution in [3.8, 4) is 0 Å². The van der Waals surface area contributed by atoms with E-state index in [2.05, 4.69) is 4.72 Å². The predicted octanol–water partition coefficient (Wildman–Crippen LogP) is 6.82. The molecule has 7 N–H and O–H groups in total. The molecule has 0 fully saturated rings. The van der Waals surface area contributed by atoms with Gasteiger partial charge < -0.3 is 11.5 Å². The lowest BCUT2D eigenvalue weighted by atomic mass is 10.2. The number of hydrogen-bond donors (Lipinski definition) is 5. The summed E-state index contributed by atoms with van der Waals surface area (Å²) in [7, 11) is -12.7. The van der Waals surface area contributed by atoms with Gasteiger partial charge in [0.2, 0.25) is 0 Å². The van der Waals surface area contributed by atoms with Crippen molar-refractivity contribution in [2.75, 3.05) is 20.9 Å². The molecule has 19 heteroatoms. The van der Waals surface area contributed by atoms with Crippen molar-refractivity contribution in [3.63, 3.8) is 0 Å². The van der Waals surface area contributed by atoms with Crippen molar-refractivity contribution in [3.05, 3.63) is 111 Å². The fourth-order valence-corrected chi connectivity index (χ4v) is 13.7. The summed E-state index contributed by atoms with van der Waals surface area (Å²) in [5, 5.41) is 15.2. The van der Waals surface area contributed by atoms with Crippen LogP contribution in [0.2, 0.25) is 0 Å². The lowest BCUT2D eigenvalue weighted by molar-refractivity contribution is 0.583. The lowest BCUT2D eigenvalue weighted by Gasteiger charge is -2.25. The van der Waals surface area contributed by atoms with E-state index >= 15 is 0 Å². The van der Waals surface area contributed by atoms with Crippen molar-refractivity contribution in [1.82, 2.24) is 0 Å². The molecule has 0 aliphatic carbocycles. The topological polar surface area (TPSA) is 217 Å². The number of rotatable bonds is 12. The summed E-state index contributed by atoms with van der Waals surface area (Å²) >= 11 is 4.96. The largest absolute Gasteiger partial charge is 0.383 e. The molecule has 5 aromatic rings. The Bertz CT molecular complexity index is 2400. The first kappa shape index (κ1) is 40.9. The van der Waals surface area contributed by atoms with Gasteiger partial charge >= 0.3 is 0 Å². The summed E-state index contributed by atoms with van der Waals surface area (Å²) in [4.78, 5) is 0.806. The quantitative estimate of drug-likeness (QED) is 0.0502. The minimum absolute atomic E-state index is 0.0470. The van der Waals surface area contributed by atoms with Crippen LogP contribution in [0.1, 0.15) is 26.4 Å². The van der Waals surface area contributed by atoms with Gasteiger partial charge in [0, 0.05) is 0 Å². The highest BCUT2D eigenvalue weighted by Gasteiger charge is 2.40. The van der Waals surface area contributed by atoms with E-state index in [1.54, 1.807) is 80.8 Å². The predicted molar refractivity (Wildman–Crippen MR) is 215 cm³/mol. The second kappa shape index (κ2) is 16.4. The van der Waals surface area contributed by atoms with Gasteiger partial charge in [-0.3, -0.25) is 15.5 Å². The Balaban J connectivity index is 0.000000251. The van der Waals surface area contributed by atoms with Gasteiger partial charge in [0.1, 0.15) is 11.7 Å². The monoisotopic (exact) mass is 836 g/mol. The zero-order chi connectivity index (χ0) is 38.6. The average molecular weight is 837 g/mol. The first-order valence-electron chi connectivity index (χ1n) is 14.9. The van der Waals surface area contributed by atoms with Crippen LogP contribution in [0, 0.1) is 31.6 Å². The Morgan fingerprint density at radius 3 is 1.62 bits per heavy atom. The van der Waals surface area contributed by atoms with E-state index in [4.69, 9.17) is 22.3 Å². The zero-order valence-corrected chi connectivity index (χ0v) is 34.2. The number of thiophene rings is 2. The maximum absolute atomic E-state index is 13.8. The number of sulfonamides is 3. The minimum Gasteiger partial charge on any atom is -0.383 e. The van der Waals surface area contributed by atoms with Crippen molar-refractivity contribution in [1.29, 1.82) is 10.8 Å². The van der Waals surface area contributed by atoms with E-state index in [-0.39, 0.29) is 36.9 Å². The van der Waals surface area contributed by atoms with Gasteiger partial charge in [0.15, 0.2) is 0 Å². The molecule has 2 heterocycles. The van der Waals surface area contributed by atoms with Crippen LogP contribution < -0.4 is 19.9 Å². The number of nitrogens with two attached hydrogens (primary N) is 2. The highest BCUT2D eigenvalue weighted by atomic mass is 32.3. The van der Waals surface area contributed by atoms with Gasteiger partial charge in [0.25, 0.3) is 30.1 Å². The maximum atomic E-state index is 13.8. The molecule has 276 valence electrons. The van der Waals surface area contributed by atoms with Crippen LogP contribution in [0.15, 0.2) is 108 Å². The van der Waals surface area contributed by atoms with Crippen LogP contribution in [0.25, 0.3) is 0 Å². The molecular weight excluding hydrogens is 801 g/mol. The van der Waals surface area contributed by atoms with Crippen molar-refractivity contribution < 1.29 is 25.3 Å². The third-order valence-corrected chi connectivity index (χ3v) is 17.6. The van der Waals surface area contributed by atoms with E-state index in [1.807, 2.05) is 19.2 Å². The summed E-state index contributed by atoms with van der Waals surface area (Å²) in [6.07, 6.45) is 3.55. The van der Waals surface area contributed by atoms with E-state index in [1.165, 1.54) is 53.1 Å². The molecule has 0 saturated heterocycles. The second-order valence-electron chi connectivity index (χ2n) is 11.0. The Morgan fingerprint density at radius 1 is 0.673 bits per heavy atom. The smallest absolute Gasteiger partial charge is 0.278 e. The molecule has 0 radical (unpaired) electrons. The molecule has 12 nitrogen and oxygen atoms in total. The molecule has 0 spiro atoms. The fraction of sp³-hybridized carbons (Fsp3) is 0.152. The fourth-order valence-electron chi connectivity index (χ4n) is 4.75. The number of nitrogen functional groups attached to an aromatic ring is 2. The van der Waals surface area contributed by atoms with E-state index < -0.39 is 30.1 Å². The molecule has 2 aromatic heterocycles. The van der Waals surface area contributed by atoms with Crippen LogP contribution in [0.4, 0.5) is 11.4 Å². The summed E-state index contributed by atoms with van der Waals surface area (Å²) in [6, 6.07) is 22.0. The van der Waals surface area contributed by atoms with Crippen molar-refractivity contribution >= 4 is 99.3 Å². The van der Waals surface area contributed by atoms with Crippen LogP contribution in [-0.2, 0) is 30.1 Å². The number of benzene rings is 3. The highest BCUT2D eigenvalue weighted by Crippen LogP contribution is 2.43. The molecular formula is C33H36N6O6S7. The van der Waals surface area contributed by atoms with Gasteiger partial charge in [-0.25, -0.2) is 8.42 Å². The number of nitrogens with zero attached hydrogens (tertiary/aromatic N) is 1. The summed E-state index contributed by atoms with van der Waals surface area (Å²) < 4.78 is 84.2. The minimum atomic E-state index is -4.52. The molecule has 0 atom stereocenters. The van der Waals surface area contributed by atoms with Gasteiger partial charge in [-0.1, -0.05) is 48.5 Å². The summed E-state index contributed by atoms with van der Waals surface area (Å²) in [5.74, 6) is -0.343. The van der Waals surface area contributed by atoms with Crippen LogP contribution in [0.5, 0.6) is 0 Å². The highest BCUT2D eigenvalue weighted by molar-refractivity contribution is 8.10. The summed E-state index contributed by atoms with van der Waals surface area (Å²) in [6.45, 7) is 5.05. The number of anilines is 2. The maximum Gasteiger partial charge on any atom is 0.278 e. The normalized spacial score (nSPS) is 11.7. The summed E-state index contributed by atoms with van der Waals surface area (Å²) in [5.41, 5.74) is 13.2. The number of nitrogens with one attached hydrogen (secondary N) is 3. The Kier molecular flexibility index (Phi) is 12.9. The second-order valence-corrected chi connectivity index (χ2v) is 20.7.